The zero-order valence-electron chi connectivity index (χ0n) is 10.7. The molecule has 0 spiro atoms. The van der Waals surface area contributed by atoms with Crippen molar-refractivity contribution >= 4 is 0 Å². The van der Waals surface area contributed by atoms with Crippen molar-refractivity contribution in [2.24, 2.45) is 5.92 Å². The van der Waals surface area contributed by atoms with Gasteiger partial charge in [0.25, 0.3) is 0 Å². The van der Waals surface area contributed by atoms with Crippen molar-refractivity contribution in [2.75, 3.05) is 26.3 Å². The van der Waals surface area contributed by atoms with E-state index in [1.807, 2.05) is 13.8 Å². The van der Waals surface area contributed by atoms with Gasteiger partial charge in [-0.05, 0) is 31.8 Å². The second kappa shape index (κ2) is 7.24. The molecular formula is C13H27NO. The molecule has 0 bridgehead atoms. The first-order chi connectivity index (χ1) is 7.40. The first kappa shape index (κ1) is 13.0. The minimum absolute atomic E-state index is 0.766. The highest BCUT2D eigenvalue weighted by Crippen LogP contribution is 2.24. The van der Waals surface area contributed by atoms with E-state index in [9.17, 15) is 0 Å². The molecule has 2 fully saturated rings. The molecule has 0 saturated carbocycles. The highest BCUT2D eigenvalue weighted by molar-refractivity contribution is 4.81. The van der Waals surface area contributed by atoms with Gasteiger partial charge >= 0.3 is 0 Å². The van der Waals surface area contributed by atoms with Gasteiger partial charge < -0.3 is 4.74 Å². The van der Waals surface area contributed by atoms with Gasteiger partial charge in [-0.1, -0.05) is 33.6 Å². The summed E-state index contributed by atoms with van der Waals surface area (Å²) in [7, 11) is 0. The van der Waals surface area contributed by atoms with Crippen LogP contribution in [-0.2, 0) is 4.74 Å². The molecule has 0 aromatic carbocycles. The number of hydrogen-bond acceptors (Lipinski definition) is 2. The molecule has 0 aromatic heterocycles. The Bertz CT molecular complexity index is 149. The fourth-order valence-corrected chi connectivity index (χ4v) is 2.45. The van der Waals surface area contributed by atoms with Crippen molar-refractivity contribution in [1.29, 1.82) is 0 Å². The Morgan fingerprint density at radius 3 is 2.13 bits per heavy atom. The second-order valence-electron chi connectivity index (χ2n) is 4.46. The summed E-state index contributed by atoms with van der Waals surface area (Å²) in [6.07, 6.45) is 5.64. The third kappa shape index (κ3) is 3.76. The Morgan fingerprint density at radius 2 is 1.73 bits per heavy atom. The summed E-state index contributed by atoms with van der Waals surface area (Å²) < 4.78 is 5.22. The molecule has 0 radical (unpaired) electrons. The maximum atomic E-state index is 5.22. The van der Waals surface area contributed by atoms with Crippen LogP contribution in [0.5, 0.6) is 0 Å². The average Bonchev–Trinajstić information content (AvgIpc) is 2.22. The van der Waals surface area contributed by atoms with E-state index in [-0.39, 0.29) is 0 Å². The van der Waals surface area contributed by atoms with Crippen LogP contribution in [0.3, 0.4) is 0 Å². The average molecular weight is 213 g/mol. The molecule has 2 rings (SSSR count). The molecule has 0 aliphatic carbocycles. The number of likely N-dealkylation sites (tertiary alicyclic amines) is 1. The van der Waals surface area contributed by atoms with Crippen LogP contribution in [0.15, 0.2) is 0 Å². The predicted octanol–water partition coefficient (Wildman–Crippen LogP) is 2.92. The maximum absolute atomic E-state index is 5.22. The Balaban J connectivity index is 0.000000531. The topological polar surface area (TPSA) is 12.5 Å². The van der Waals surface area contributed by atoms with Crippen molar-refractivity contribution in [3.8, 4) is 0 Å². The molecule has 2 saturated heterocycles. The minimum Gasteiger partial charge on any atom is -0.378 e. The highest BCUT2D eigenvalue weighted by atomic mass is 16.5. The molecule has 90 valence electrons. The van der Waals surface area contributed by atoms with Crippen LogP contribution in [0.25, 0.3) is 0 Å². The SMILES string of the molecule is CC.CCCC1CCN(C2COC2)CC1. The van der Waals surface area contributed by atoms with Crippen LogP contribution in [0.1, 0.15) is 46.5 Å². The fraction of sp³-hybridized carbons (Fsp3) is 1.00. The van der Waals surface area contributed by atoms with Crippen molar-refractivity contribution in [3.05, 3.63) is 0 Å². The lowest BCUT2D eigenvalue weighted by molar-refractivity contribution is -0.0740. The van der Waals surface area contributed by atoms with Crippen LogP contribution in [0.4, 0.5) is 0 Å². The molecule has 2 heterocycles. The molecule has 0 N–H and O–H groups in total. The molecule has 2 heteroatoms. The van der Waals surface area contributed by atoms with E-state index in [2.05, 4.69) is 11.8 Å². The van der Waals surface area contributed by atoms with Gasteiger partial charge in [0.15, 0.2) is 0 Å². The normalized spacial score (nSPS) is 24.2. The van der Waals surface area contributed by atoms with E-state index < -0.39 is 0 Å². The lowest BCUT2D eigenvalue weighted by Gasteiger charge is -2.41. The first-order valence-corrected chi connectivity index (χ1v) is 6.72. The summed E-state index contributed by atoms with van der Waals surface area (Å²) in [6, 6.07) is 0.766. The van der Waals surface area contributed by atoms with Crippen LogP contribution < -0.4 is 0 Å². The van der Waals surface area contributed by atoms with E-state index in [1.54, 1.807) is 0 Å². The molecule has 15 heavy (non-hydrogen) atoms. The van der Waals surface area contributed by atoms with Gasteiger partial charge in [-0.2, -0.15) is 0 Å². The third-order valence-electron chi connectivity index (χ3n) is 3.48. The first-order valence-electron chi connectivity index (χ1n) is 6.72. The quantitative estimate of drug-likeness (QED) is 0.714. The number of rotatable bonds is 3. The van der Waals surface area contributed by atoms with Gasteiger partial charge in [0.2, 0.25) is 0 Å². The Morgan fingerprint density at radius 1 is 1.13 bits per heavy atom. The molecule has 0 atom stereocenters. The summed E-state index contributed by atoms with van der Waals surface area (Å²) in [5.74, 6) is 1.02. The summed E-state index contributed by atoms with van der Waals surface area (Å²) in [5, 5.41) is 0. The van der Waals surface area contributed by atoms with Gasteiger partial charge in [-0.3, -0.25) is 4.90 Å². The van der Waals surface area contributed by atoms with Crippen LogP contribution >= 0.6 is 0 Å². The van der Waals surface area contributed by atoms with Crippen LogP contribution in [0, 0.1) is 5.92 Å². The number of nitrogens with zero attached hydrogens (tertiary/aromatic N) is 1. The van der Waals surface area contributed by atoms with Crippen LogP contribution in [-0.4, -0.2) is 37.2 Å². The number of ether oxygens (including phenoxy) is 1. The van der Waals surface area contributed by atoms with Crippen molar-refractivity contribution in [3.63, 3.8) is 0 Å². The Kier molecular flexibility index (Phi) is 6.26. The standard InChI is InChI=1S/C11H21NO.C2H6/c1-2-3-10-4-6-12(7-5-10)11-8-13-9-11;1-2/h10-11H,2-9H2,1H3;1-2H3. The number of hydrogen-bond donors (Lipinski definition) is 0. The fourth-order valence-electron chi connectivity index (χ4n) is 2.45. The van der Waals surface area contributed by atoms with Gasteiger partial charge in [0, 0.05) is 0 Å². The van der Waals surface area contributed by atoms with Gasteiger partial charge in [-0.25, -0.2) is 0 Å². The van der Waals surface area contributed by atoms with Crippen molar-refractivity contribution < 1.29 is 4.74 Å². The summed E-state index contributed by atoms with van der Waals surface area (Å²) in [4.78, 5) is 2.62. The minimum atomic E-state index is 0.766. The lowest BCUT2D eigenvalue weighted by Crippen LogP contribution is -2.51. The van der Waals surface area contributed by atoms with Crippen molar-refractivity contribution in [2.45, 2.75) is 52.5 Å². The smallest absolute Gasteiger partial charge is 0.0645 e. The molecule has 2 aliphatic rings. The zero-order valence-corrected chi connectivity index (χ0v) is 10.7. The molecule has 0 amide bonds. The largest absolute Gasteiger partial charge is 0.378 e. The monoisotopic (exact) mass is 213 g/mol. The molecule has 0 unspecified atom stereocenters. The summed E-state index contributed by atoms with van der Waals surface area (Å²) in [6.45, 7) is 10.9. The Labute approximate surface area is 95.0 Å². The van der Waals surface area contributed by atoms with Crippen LogP contribution in [0.2, 0.25) is 0 Å². The van der Waals surface area contributed by atoms with E-state index in [0.29, 0.717) is 0 Å². The zero-order chi connectivity index (χ0) is 11.1. The van der Waals surface area contributed by atoms with Gasteiger partial charge in [-0.15, -0.1) is 0 Å². The third-order valence-corrected chi connectivity index (χ3v) is 3.48. The highest BCUT2D eigenvalue weighted by Gasteiger charge is 2.28. The van der Waals surface area contributed by atoms with Gasteiger partial charge in [0.05, 0.1) is 19.3 Å². The molecule has 2 nitrogen and oxygen atoms in total. The Hall–Kier alpha value is -0.0800. The van der Waals surface area contributed by atoms with E-state index in [1.165, 1.54) is 38.8 Å². The predicted molar refractivity (Wildman–Crippen MR) is 65.2 cm³/mol. The summed E-state index contributed by atoms with van der Waals surface area (Å²) in [5.41, 5.74) is 0. The number of piperidine rings is 1. The molecular weight excluding hydrogens is 186 g/mol. The van der Waals surface area contributed by atoms with Gasteiger partial charge in [0.1, 0.15) is 0 Å². The van der Waals surface area contributed by atoms with E-state index in [4.69, 9.17) is 4.74 Å². The van der Waals surface area contributed by atoms with E-state index in [0.717, 1.165) is 25.2 Å². The maximum Gasteiger partial charge on any atom is 0.0645 e. The lowest BCUT2D eigenvalue weighted by atomic mass is 9.91. The van der Waals surface area contributed by atoms with Crippen molar-refractivity contribution in [1.82, 2.24) is 4.90 Å². The van der Waals surface area contributed by atoms with E-state index >= 15 is 0 Å². The second-order valence-corrected chi connectivity index (χ2v) is 4.46. The summed E-state index contributed by atoms with van der Waals surface area (Å²) >= 11 is 0. The molecule has 2 aliphatic heterocycles. The molecule has 0 aromatic rings.